The summed E-state index contributed by atoms with van der Waals surface area (Å²) in [5.41, 5.74) is 0.995. The summed E-state index contributed by atoms with van der Waals surface area (Å²) in [6.45, 7) is 0. The maximum absolute atomic E-state index is 12.2. The zero-order valence-electron chi connectivity index (χ0n) is 20.2. The molecule has 0 spiro atoms. The van der Waals surface area contributed by atoms with E-state index < -0.39 is 5.82 Å². The van der Waals surface area contributed by atoms with Crippen molar-refractivity contribution in [1.29, 1.82) is 0 Å². The van der Waals surface area contributed by atoms with E-state index in [4.69, 9.17) is 32.0 Å². The smallest absolute Gasteiger partial charge is 0.153 e. The third kappa shape index (κ3) is 11.9. The van der Waals surface area contributed by atoms with Gasteiger partial charge < -0.3 is 20.4 Å². The standard InChI is InChI=1S/C7H5BrO2.C7H5ClO2.C7H5FO2.C7H5IO2/c4*8-6-2-1-5(4-9)7(10)3-6/h4*1-4,10H. The molecule has 4 aromatic rings. The Morgan fingerprint density at radius 3 is 1.43 bits per heavy atom. The Labute approximate surface area is 255 Å². The summed E-state index contributed by atoms with van der Waals surface area (Å²) in [7, 11) is 0. The first-order valence-electron chi connectivity index (χ1n) is 10.7. The number of phenols is 4. The Hall–Kier alpha value is -3.81. The predicted molar refractivity (Wildman–Crippen MR) is 159 cm³/mol. The van der Waals surface area contributed by atoms with Gasteiger partial charge in [0, 0.05) is 19.1 Å². The van der Waals surface area contributed by atoms with Gasteiger partial charge in [0.2, 0.25) is 0 Å². The molecule has 0 aliphatic carbocycles. The predicted octanol–water partition coefficient (Wildman–Crippen LogP) is 6.98. The molecule has 0 aliphatic heterocycles. The fourth-order valence-electron chi connectivity index (χ4n) is 2.47. The number of carbonyl (C=O) groups is 4. The van der Waals surface area contributed by atoms with Gasteiger partial charge in [-0.05, 0) is 89.3 Å². The Bertz CT molecular complexity index is 1260. The van der Waals surface area contributed by atoms with E-state index in [2.05, 4.69) is 38.5 Å². The lowest BCUT2D eigenvalue weighted by molar-refractivity contribution is 0.111. The molecule has 0 saturated heterocycles. The van der Waals surface area contributed by atoms with Crippen LogP contribution in [0.15, 0.2) is 77.3 Å². The lowest BCUT2D eigenvalue weighted by Gasteiger charge is -1.95. The van der Waals surface area contributed by atoms with Crippen LogP contribution in [0.25, 0.3) is 0 Å². The van der Waals surface area contributed by atoms with Crippen molar-refractivity contribution in [3.63, 3.8) is 0 Å². The van der Waals surface area contributed by atoms with Crippen LogP contribution in [-0.2, 0) is 0 Å². The second-order valence-corrected chi connectivity index (χ2v) is 9.88. The van der Waals surface area contributed by atoms with Crippen molar-refractivity contribution in [2.45, 2.75) is 0 Å². The molecule has 0 radical (unpaired) electrons. The summed E-state index contributed by atoms with van der Waals surface area (Å²) < 4.78 is 13.9. The molecule has 0 heterocycles. The van der Waals surface area contributed by atoms with Gasteiger partial charge in [-0.15, -0.1) is 0 Å². The fourth-order valence-corrected chi connectivity index (χ4v) is 3.46. The van der Waals surface area contributed by atoms with Gasteiger partial charge in [0.15, 0.2) is 25.1 Å². The molecule has 12 heteroatoms. The molecule has 0 aromatic heterocycles. The number of aromatic hydroxyl groups is 4. The van der Waals surface area contributed by atoms with E-state index in [1.54, 1.807) is 36.4 Å². The first kappa shape index (κ1) is 34.2. The van der Waals surface area contributed by atoms with Gasteiger partial charge in [0.05, 0.1) is 22.3 Å². The van der Waals surface area contributed by atoms with E-state index in [-0.39, 0.29) is 34.1 Å². The van der Waals surface area contributed by atoms with Crippen molar-refractivity contribution in [1.82, 2.24) is 0 Å². The van der Waals surface area contributed by atoms with Crippen LogP contribution in [0.3, 0.4) is 0 Å². The summed E-state index contributed by atoms with van der Waals surface area (Å²) in [4.78, 5) is 40.5. The summed E-state index contributed by atoms with van der Waals surface area (Å²) in [6, 6.07) is 17.2. The Balaban J connectivity index is 0.000000267. The molecule has 8 nitrogen and oxygen atoms in total. The highest BCUT2D eigenvalue weighted by Gasteiger charge is 2.00. The van der Waals surface area contributed by atoms with Crippen LogP contribution < -0.4 is 0 Å². The van der Waals surface area contributed by atoms with Gasteiger partial charge in [0.1, 0.15) is 28.8 Å². The Morgan fingerprint density at radius 1 is 0.600 bits per heavy atom. The van der Waals surface area contributed by atoms with Gasteiger partial charge >= 0.3 is 0 Å². The van der Waals surface area contributed by atoms with Gasteiger partial charge in [-0.1, -0.05) is 27.5 Å². The SMILES string of the molecule is O=Cc1ccc(Br)cc1O.O=Cc1ccc(Cl)cc1O.O=Cc1ccc(F)cc1O.O=Cc1ccc(I)cc1O. The van der Waals surface area contributed by atoms with E-state index in [1.165, 1.54) is 24.3 Å². The third-order valence-electron chi connectivity index (χ3n) is 4.48. The quantitative estimate of drug-likeness (QED) is 0.129. The lowest BCUT2D eigenvalue weighted by Crippen LogP contribution is -1.81. The highest BCUT2D eigenvalue weighted by molar-refractivity contribution is 14.1. The number of phenolic OH excluding ortho intramolecular Hbond substituents is 4. The van der Waals surface area contributed by atoms with Crippen molar-refractivity contribution in [3.8, 4) is 23.0 Å². The lowest BCUT2D eigenvalue weighted by atomic mass is 10.2. The highest BCUT2D eigenvalue weighted by atomic mass is 127. The average molecular weight is 746 g/mol. The number of rotatable bonds is 4. The number of aldehydes is 4. The van der Waals surface area contributed by atoms with Crippen molar-refractivity contribution in [2.24, 2.45) is 0 Å². The summed E-state index contributed by atoms with van der Waals surface area (Å²) in [6.07, 6.45) is 2.29. The fraction of sp³-hybridized carbons (Fsp3) is 0. The summed E-state index contributed by atoms with van der Waals surface area (Å²) in [5, 5.41) is 36.3. The molecule has 4 N–H and O–H groups in total. The molecule has 0 saturated carbocycles. The molecule has 40 heavy (non-hydrogen) atoms. The molecule has 0 unspecified atom stereocenters. The molecular formula is C28H20BrClFIO8. The van der Waals surface area contributed by atoms with Crippen molar-refractivity contribution in [3.05, 3.63) is 114 Å². The van der Waals surface area contributed by atoms with Crippen LogP contribution in [0.5, 0.6) is 23.0 Å². The average Bonchev–Trinajstić information content (AvgIpc) is 2.90. The number of hydrogen-bond acceptors (Lipinski definition) is 8. The monoisotopic (exact) mass is 744 g/mol. The maximum Gasteiger partial charge on any atom is 0.153 e. The van der Waals surface area contributed by atoms with Gasteiger partial charge in [-0.3, -0.25) is 19.2 Å². The van der Waals surface area contributed by atoms with Gasteiger partial charge in [-0.25, -0.2) is 4.39 Å². The molecule has 4 aromatic carbocycles. The van der Waals surface area contributed by atoms with Crippen LogP contribution in [-0.4, -0.2) is 45.6 Å². The van der Waals surface area contributed by atoms with Crippen LogP contribution in [0, 0.1) is 9.39 Å². The van der Waals surface area contributed by atoms with Crippen molar-refractivity contribution in [2.75, 3.05) is 0 Å². The Kier molecular flexibility index (Phi) is 15.2. The van der Waals surface area contributed by atoms with Crippen molar-refractivity contribution >= 4 is 75.3 Å². The van der Waals surface area contributed by atoms with Crippen LogP contribution in [0.1, 0.15) is 41.4 Å². The second-order valence-electron chi connectivity index (χ2n) is 7.28. The number of carbonyl (C=O) groups excluding carboxylic acids is 4. The van der Waals surface area contributed by atoms with E-state index in [0.717, 1.165) is 20.2 Å². The van der Waals surface area contributed by atoms with Crippen LogP contribution >= 0.6 is 50.1 Å². The zero-order chi connectivity index (χ0) is 30.2. The minimum Gasteiger partial charge on any atom is -0.507 e. The molecule has 0 atom stereocenters. The maximum atomic E-state index is 12.2. The first-order valence-corrected chi connectivity index (χ1v) is 12.9. The molecule has 4 rings (SSSR count). The molecule has 208 valence electrons. The molecular weight excluding hydrogens is 726 g/mol. The number of benzene rings is 4. The Morgan fingerprint density at radius 2 is 1.00 bits per heavy atom. The topological polar surface area (TPSA) is 149 Å². The van der Waals surface area contributed by atoms with Crippen molar-refractivity contribution < 1.29 is 44.0 Å². The zero-order valence-corrected chi connectivity index (χ0v) is 24.7. The molecule has 0 aliphatic rings. The molecule has 0 bridgehead atoms. The summed E-state index contributed by atoms with van der Waals surface area (Å²) in [5.74, 6) is -0.910. The van der Waals surface area contributed by atoms with E-state index in [0.29, 0.717) is 41.3 Å². The highest BCUT2D eigenvalue weighted by Crippen LogP contribution is 2.21. The molecule has 0 fully saturated rings. The summed E-state index contributed by atoms with van der Waals surface area (Å²) >= 11 is 10.7. The normalized spacial score (nSPS) is 9.30. The van der Waals surface area contributed by atoms with Crippen LogP contribution in [0.2, 0.25) is 5.02 Å². The third-order valence-corrected chi connectivity index (χ3v) is 5.88. The van der Waals surface area contributed by atoms with Gasteiger partial charge in [-0.2, -0.15) is 0 Å². The minimum absolute atomic E-state index is 0.00405. The first-order chi connectivity index (χ1) is 18.9. The van der Waals surface area contributed by atoms with E-state index in [1.807, 2.05) is 0 Å². The van der Waals surface area contributed by atoms with Gasteiger partial charge in [0.25, 0.3) is 0 Å². The van der Waals surface area contributed by atoms with Crippen LogP contribution in [0.4, 0.5) is 4.39 Å². The largest absolute Gasteiger partial charge is 0.507 e. The minimum atomic E-state index is -0.553. The second kappa shape index (κ2) is 17.7. The van der Waals surface area contributed by atoms with E-state index in [9.17, 15) is 23.6 Å². The molecule has 0 amide bonds. The number of halogens is 4. The van der Waals surface area contributed by atoms with E-state index >= 15 is 0 Å². The number of hydrogen-bond donors (Lipinski definition) is 4.